The van der Waals surface area contributed by atoms with Gasteiger partial charge in [0.25, 0.3) is 5.91 Å². The van der Waals surface area contributed by atoms with Crippen molar-refractivity contribution in [3.8, 4) is 5.75 Å². The molecule has 1 saturated heterocycles. The molecule has 0 saturated carbocycles. The molecule has 4 nitrogen and oxygen atoms in total. The number of carbonyl (C=O) groups excluding carboxylic acids is 1. The molecule has 2 aromatic rings. The Morgan fingerprint density at radius 2 is 1.80 bits per heavy atom. The quantitative estimate of drug-likeness (QED) is 0.612. The highest BCUT2D eigenvalue weighted by molar-refractivity contribution is 5.95. The average Bonchev–Trinajstić information content (AvgIpc) is 3.26. The summed E-state index contributed by atoms with van der Waals surface area (Å²) in [6, 6.07) is 11.0. The zero-order valence-electron chi connectivity index (χ0n) is 17.3. The van der Waals surface area contributed by atoms with Gasteiger partial charge >= 0.3 is 6.18 Å². The summed E-state index contributed by atoms with van der Waals surface area (Å²) in [7, 11) is 0. The molecule has 162 valence electrons. The summed E-state index contributed by atoms with van der Waals surface area (Å²) in [6.07, 6.45) is -1.50. The van der Waals surface area contributed by atoms with Crippen molar-refractivity contribution < 1.29 is 22.7 Å². The van der Waals surface area contributed by atoms with E-state index in [4.69, 9.17) is 4.74 Å². The van der Waals surface area contributed by atoms with Gasteiger partial charge in [-0.2, -0.15) is 13.2 Å². The number of carbonyl (C=O) groups is 1. The first kappa shape index (κ1) is 22.0. The highest BCUT2D eigenvalue weighted by atomic mass is 19.4. The van der Waals surface area contributed by atoms with E-state index in [-0.39, 0.29) is 12.3 Å². The van der Waals surface area contributed by atoms with Gasteiger partial charge in [0.05, 0.1) is 16.9 Å². The monoisotopic (exact) mass is 420 g/mol. The van der Waals surface area contributed by atoms with Crippen LogP contribution in [0.2, 0.25) is 0 Å². The fraction of sp³-hybridized carbons (Fsp3) is 0.435. The molecule has 3 rings (SSSR count). The third-order valence-corrected chi connectivity index (χ3v) is 5.48. The van der Waals surface area contributed by atoms with Gasteiger partial charge in [0.15, 0.2) is 6.61 Å². The Kier molecular flexibility index (Phi) is 6.90. The van der Waals surface area contributed by atoms with E-state index in [1.54, 1.807) is 12.1 Å². The van der Waals surface area contributed by atoms with Crippen LogP contribution in [0.3, 0.4) is 0 Å². The molecule has 1 atom stereocenters. The van der Waals surface area contributed by atoms with E-state index < -0.39 is 17.6 Å². The molecule has 0 bridgehead atoms. The molecular formula is C23H27F3N2O2. The maximum absolute atomic E-state index is 13.1. The Balaban J connectivity index is 1.68. The van der Waals surface area contributed by atoms with Crippen LogP contribution >= 0.6 is 0 Å². The summed E-state index contributed by atoms with van der Waals surface area (Å²) in [6.45, 7) is 5.48. The zero-order valence-corrected chi connectivity index (χ0v) is 17.3. The van der Waals surface area contributed by atoms with Crippen LogP contribution in [0.15, 0.2) is 42.5 Å². The van der Waals surface area contributed by atoms with Crippen LogP contribution in [-0.2, 0) is 11.0 Å². The number of hydrogen-bond acceptors (Lipinski definition) is 3. The predicted octanol–water partition coefficient (Wildman–Crippen LogP) is 5.84. The summed E-state index contributed by atoms with van der Waals surface area (Å²) in [5.41, 5.74) is 1.16. The lowest BCUT2D eigenvalue weighted by molar-refractivity contribution is -0.137. The Bertz CT molecular complexity index is 860. The average molecular weight is 420 g/mol. The predicted molar refractivity (Wildman–Crippen MR) is 112 cm³/mol. The van der Waals surface area contributed by atoms with Crippen LogP contribution in [0, 0.1) is 0 Å². The van der Waals surface area contributed by atoms with E-state index in [9.17, 15) is 18.0 Å². The fourth-order valence-electron chi connectivity index (χ4n) is 3.51. The van der Waals surface area contributed by atoms with E-state index in [1.807, 2.05) is 17.0 Å². The van der Waals surface area contributed by atoms with Gasteiger partial charge in [-0.3, -0.25) is 4.79 Å². The Hall–Kier alpha value is -2.70. The first-order valence-corrected chi connectivity index (χ1v) is 10.3. The minimum Gasteiger partial charge on any atom is -0.484 e. The number of alkyl halides is 3. The van der Waals surface area contributed by atoms with Crippen molar-refractivity contribution in [2.75, 3.05) is 29.9 Å². The number of amides is 1. The van der Waals surface area contributed by atoms with E-state index in [1.165, 1.54) is 11.6 Å². The molecule has 0 aliphatic carbocycles. The smallest absolute Gasteiger partial charge is 0.416 e. The van der Waals surface area contributed by atoms with Gasteiger partial charge in [0.1, 0.15) is 5.75 Å². The Morgan fingerprint density at radius 3 is 2.40 bits per heavy atom. The highest BCUT2D eigenvalue weighted by Gasteiger charge is 2.32. The van der Waals surface area contributed by atoms with Crippen molar-refractivity contribution in [1.82, 2.24) is 0 Å². The molecule has 1 fully saturated rings. The number of rotatable bonds is 7. The minimum absolute atomic E-state index is 0.160. The van der Waals surface area contributed by atoms with Crippen LogP contribution in [0.5, 0.6) is 5.75 Å². The summed E-state index contributed by atoms with van der Waals surface area (Å²) < 4.78 is 45.0. The van der Waals surface area contributed by atoms with Gasteiger partial charge in [0.2, 0.25) is 0 Å². The molecular weight excluding hydrogens is 393 g/mol. The van der Waals surface area contributed by atoms with Crippen LogP contribution in [0.25, 0.3) is 0 Å². The third-order valence-electron chi connectivity index (χ3n) is 5.48. The molecule has 0 radical (unpaired) electrons. The number of anilines is 2. The van der Waals surface area contributed by atoms with E-state index in [0.717, 1.165) is 44.5 Å². The molecule has 1 N–H and O–H groups in total. The SMILES string of the molecule is CC[C@H](C)c1ccc(OCC(=O)Nc2cc(C(F)(F)F)ccc2N2CCCC2)cc1. The summed E-state index contributed by atoms with van der Waals surface area (Å²) >= 11 is 0. The lowest BCUT2D eigenvalue weighted by Crippen LogP contribution is -2.24. The summed E-state index contributed by atoms with van der Waals surface area (Å²) in [5.74, 6) is 0.481. The van der Waals surface area contributed by atoms with Gasteiger partial charge in [0, 0.05) is 13.1 Å². The summed E-state index contributed by atoms with van der Waals surface area (Å²) in [5, 5.41) is 2.60. The Labute approximate surface area is 175 Å². The molecule has 1 aliphatic rings. The van der Waals surface area contributed by atoms with Crippen molar-refractivity contribution in [3.63, 3.8) is 0 Å². The number of ether oxygens (including phenoxy) is 1. The maximum atomic E-state index is 13.1. The first-order chi connectivity index (χ1) is 14.3. The Morgan fingerprint density at radius 1 is 1.13 bits per heavy atom. The molecule has 1 amide bonds. The van der Waals surface area contributed by atoms with Gasteiger partial charge in [-0.05, 0) is 61.1 Å². The number of nitrogens with zero attached hydrogens (tertiary/aromatic N) is 1. The molecule has 0 spiro atoms. The molecule has 30 heavy (non-hydrogen) atoms. The van der Waals surface area contributed by atoms with Crippen molar-refractivity contribution in [3.05, 3.63) is 53.6 Å². The second-order valence-electron chi connectivity index (χ2n) is 7.64. The molecule has 2 aromatic carbocycles. The van der Waals surface area contributed by atoms with E-state index >= 15 is 0 Å². The second kappa shape index (κ2) is 9.41. The molecule has 0 aromatic heterocycles. The standard InChI is InChI=1S/C23H27F3N2O2/c1-3-16(2)17-6-9-19(10-7-17)30-15-22(29)27-20-14-18(23(24,25)26)8-11-21(20)28-12-4-5-13-28/h6-11,14,16H,3-5,12-13,15H2,1-2H3,(H,27,29)/t16-/m0/s1. The van der Waals surface area contributed by atoms with E-state index in [2.05, 4.69) is 19.2 Å². The normalized spacial score (nSPS) is 15.2. The van der Waals surface area contributed by atoms with Crippen molar-refractivity contribution in [2.45, 2.75) is 45.2 Å². The zero-order chi connectivity index (χ0) is 21.7. The van der Waals surface area contributed by atoms with Crippen LogP contribution < -0.4 is 15.0 Å². The van der Waals surface area contributed by atoms with Crippen LogP contribution in [-0.4, -0.2) is 25.6 Å². The topological polar surface area (TPSA) is 41.6 Å². The minimum atomic E-state index is -4.48. The van der Waals surface area contributed by atoms with E-state index in [0.29, 0.717) is 17.4 Å². The van der Waals surface area contributed by atoms with Crippen molar-refractivity contribution in [1.29, 1.82) is 0 Å². The van der Waals surface area contributed by atoms with Gasteiger partial charge in [-0.1, -0.05) is 26.0 Å². The molecule has 1 aliphatic heterocycles. The van der Waals surface area contributed by atoms with Gasteiger partial charge < -0.3 is 15.0 Å². The molecule has 7 heteroatoms. The molecule has 1 heterocycles. The maximum Gasteiger partial charge on any atom is 0.416 e. The number of benzene rings is 2. The highest BCUT2D eigenvalue weighted by Crippen LogP contribution is 2.36. The van der Waals surface area contributed by atoms with Crippen molar-refractivity contribution in [2.24, 2.45) is 0 Å². The number of nitrogens with one attached hydrogen (secondary N) is 1. The number of halogens is 3. The largest absolute Gasteiger partial charge is 0.484 e. The van der Waals surface area contributed by atoms with Crippen molar-refractivity contribution >= 4 is 17.3 Å². The number of hydrogen-bond donors (Lipinski definition) is 1. The first-order valence-electron chi connectivity index (χ1n) is 10.3. The lowest BCUT2D eigenvalue weighted by atomic mass is 9.99. The summed E-state index contributed by atoms with van der Waals surface area (Å²) in [4.78, 5) is 14.4. The van der Waals surface area contributed by atoms with Gasteiger partial charge in [-0.15, -0.1) is 0 Å². The fourth-order valence-corrected chi connectivity index (χ4v) is 3.51. The van der Waals surface area contributed by atoms with Crippen LogP contribution in [0.4, 0.5) is 24.5 Å². The van der Waals surface area contributed by atoms with Crippen LogP contribution in [0.1, 0.15) is 50.2 Å². The van der Waals surface area contributed by atoms with Gasteiger partial charge in [-0.25, -0.2) is 0 Å². The molecule has 0 unspecified atom stereocenters. The second-order valence-corrected chi connectivity index (χ2v) is 7.64. The third kappa shape index (κ3) is 5.46. The lowest BCUT2D eigenvalue weighted by Gasteiger charge is -2.23.